The predicted molar refractivity (Wildman–Crippen MR) is 64.0 cm³/mol. The molecule has 0 amide bonds. The molecular formula is C14H14O3. The van der Waals surface area contributed by atoms with Crippen molar-refractivity contribution in [1.29, 1.82) is 0 Å². The number of hydrogen-bond acceptors (Lipinski definition) is 2. The van der Waals surface area contributed by atoms with E-state index in [9.17, 15) is 9.90 Å². The van der Waals surface area contributed by atoms with Crippen molar-refractivity contribution >= 4 is 5.97 Å². The first kappa shape index (κ1) is 11.5. The third-order valence-electron chi connectivity index (χ3n) is 2.76. The van der Waals surface area contributed by atoms with Gasteiger partial charge >= 0.3 is 5.97 Å². The molecule has 0 bridgehead atoms. The van der Waals surface area contributed by atoms with Crippen LogP contribution in [0.25, 0.3) is 0 Å². The lowest BCUT2D eigenvalue weighted by atomic mass is 9.94. The molecular weight excluding hydrogens is 216 g/mol. The second-order valence-corrected chi connectivity index (χ2v) is 4.08. The Hall–Kier alpha value is -2.03. The zero-order valence-electron chi connectivity index (χ0n) is 9.59. The summed E-state index contributed by atoms with van der Waals surface area (Å²) in [4.78, 5) is 11.3. The van der Waals surface area contributed by atoms with Gasteiger partial charge < -0.3 is 9.52 Å². The first-order valence-electron chi connectivity index (χ1n) is 5.48. The topological polar surface area (TPSA) is 50.4 Å². The van der Waals surface area contributed by atoms with Crippen LogP contribution in [-0.4, -0.2) is 11.1 Å². The third kappa shape index (κ3) is 2.75. The zero-order chi connectivity index (χ0) is 12.3. The minimum Gasteiger partial charge on any atom is -0.481 e. The minimum absolute atomic E-state index is 0.380. The van der Waals surface area contributed by atoms with Crippen LogP contribution in [0.1, 0.15) is 22.8 Å². The number of hydrogen-bond donors (Lipinski definition) is 1. The van der Waals surface area contributed by atoms with Gasteiger partial charge in [-0.1, -0.05) is 29.8 Å². The molecule has 17 heavy (non-hydrogen) atoms. The van der Waals surface area contributed by atoms with Gasteiger partial charge in [0, 0.05) is 6.42 Å². The molecule has 0 aliphatic carbocycles. The molecule has 2 aromatic rings. The molecule has 0 fully saturated rings. The van der Waals surface area contributed by atoms with Gasteiger partial charge in [0.2, 0.25) is 0 Å². The number of carbonyl (C=O) groups is 1. The number of carboxylic acids is 1. The van der Waals surface area contributed by atoms with Crippen LogP contribution in [0, 0.1) is 6.92 Å². The molecule has 1 atom stereocenters. The first-order chi connectivity index (χ1) is 8.16. The van der Waals surface area contributed by atoms with E-state index in [4.69, 9.17) is 4.42 Å². The summed E-state index contributed by atoms with van der Waals surface area (Å²) in [6.07, 6.45) is 1.94. The molecule has 1 aromatic carbocycles. The highest BCUT2D eigenvalue weighted by molar-refractivity contribution is 5.76. The van der Waals surface area contributed by atoms with Gasteiger partial charge in [0.1, 0.15) is 5.76 Å². The number of furan rings is 1. The quantitative estimate of drug-likeness (QED) is 0.878. The number of carboxylic acid groups (broad SMARTS) is 1. The summed E-state index contributed by atoms with van der Waals surface area (Å²) in [5.74, 6) is -0.690. The van der Waals surface area contributed by atoms with Crippen molar-refractivity contribution in [3.63, 3.8) is 0 Å². The Morgan fingerprint density at radius 3 is 2.53 bits per heavy atom. The summed E-state index contributed by atoms with van der Waals surface area (Å²) in [5.41, 5.74) is 1.93. The molecule has 0 spiro atoms. The van der Waals surface area contributed by atoms with Crippen molar-refractivity contribution in [2.24, 2.45) is 0 Å². The molecule has 1 N–H and O–H groups in total. The van der Waals surface area contributed by atoms with Crippen molar-refractivity contribution in [2.75, 3.05) is 0 Å². The monoisotopic (exact) mass is 230 g/mol. The fourth-order valence-electron chi connectivity index (χ4n) is 1.78. The van der Waals surface area contributed by atoms with Crippen LogP contribution in [0.5, 0.6) is 0 Å². The van der Waals surface area contributed by atoms with E-state index < -0.39 is 11.9 Å². The van der Waals surface area contributed by atoms with Crippen molar-refractivity contribution in [3.8, 4) is 0 Å². The second-order valence-electron chi connectivity index (χ2n) is 4.08. The Morgan fingerprint density at radius 2 is 2.00 bits per heavy atom. The average Bonchev–Trinajstić information content (AvgIpc) is 2.80. The van der Waals surface area contributed by atoms with E-state index in [1.54, 1.807) is 18.4 Å². The summed E-state index contributed by atoms with van der Waals surface area (Å²) >= 11 is 0. The van der Waals surface area contributed by atoms with Crippen molar-refractivity contribution < 1.29 is 14.3 Å². The summed E-state index contributed by atoms with van der Waals surface area (Å²) < 4.78 is 5.20. The lowest BCUT2D eigenvalue weighted by Gasteiger charge is -2.11. The molecule has 3 nitrogen and oxygen atoms in total. The van der Waals surface area contributed by atoms with E-state index in [1.807, 2.05) is 31.2 Å². The Kier molecular flexibility index (Phi) is 3.28. The van der Waals surface area contributed by atoms with Crippen LogP contribution in [0.3, 0.4) is 0 Å². The van der Waals surface area contributed by atoms with Crippen LogP contribution in [0.2, 0.25) is 0 Å². The van der Waals surface area contributed by atoms with Crippen molar-refractivity contribution in [3.05, 3.63) is 59.5 Å². The first-order valence-corrected chi connectivity index (χ1v) is 5.48. The molecule has 1 unspecified atom stereocenters. The SMILES string of the molecule is Cc1ccc(C(Cc2ccco2)C(=O)O)cc1. The maximum atomic E-state index is 11.3. The van der Waals surface area contributed by atoms with Crippen molar-refractivity contribution in [1.82, 2.24) is 0 Å². The van der Waals surface area contributed by atoms with Gasteiger partial charge in [-0.25, -0.2) is 0 Å². The molecule has 0 radical (unpaired) electrons. The summed E-state index contributed by atoms with van der Waals surface area (Å²) in [5, 5.41) is 9.25. The fraction of sp³-hybridized carbons (Fsp3) is 0.214. The normalized spacial score (nSPS) is 12.3. The zero-order valence-corrected chi connectivity index (χ0v) is 9.59. The molecule has 1 heterocycles. The molecule has 0 saturated carbocycles. The molecule has 0 aliphatic rings. The van der Waals surface area contributed by atoms with E-state index in [1.165, 1.54) is 0 Å². The number of aliphatic carboxylic acids is 1. The van der Waals surface area contributed by atoms with Crippen LogP contribution in [0.15, 0.2) is 47.1 Å². The maximum absolute atomic E-state index is 11.3. The van der Waals surface area contributed by atoms with Crippen LogP contribution in [0.4, 0.5) is 0 Å². The Balaban J connectivity index is 2.23. The highest BCUT2D eigenvalue weighted by Crippen LogP contribution is 2.22. The maximum Gasteiger partial charge on any atom is 0.311 e. The smallest absolute Gasteiger partial charge is 0.311 e. The lowest BCUT2D eigenvalue weighted by molar-refractivity contribution is -0.138. The molecule has 0 aliphatic heterocycles. The van der Waals surface area contributed by atoms with Gasteiger partial charge in [0.25, 0.3) is 0 Å². The molecule has 0 saturated heterocycles. The largest absolute Gasteiger partial charge is 0.481 e. The highest BCUT2D eigenvalue weighted by atomic mass is 16.4. The third-order valence-corrected chi connectivity index (χ3v) is 2.76. The number of benzene rings is 1. The second kappa shape index (κ2) is 4.87. The van der Waals surface area contributed by atoms with Gasteiger partial charge in [-0.2, -0.15) is 0 Å². The van der Waals surface area contributed by atoms with Gasteiger partial charge in [0.05, 0.1) is 12.2 Å². The van der Waals surface area contributed by atoms with E-state index in [0.29, 0.717) is 12.2 Å². The van der Waals surface area contributed by atoms with E-state index >= 15 is 0 Å². The highest BCUT2D eigenvalue weighted by Gasteiger charge is 2.21. The lowest BCUT2D eigenvalue weighted by Crippen LogP contribution is -2.14. The fourth-order valence-corrected chi connectivity index (χ4v) is 1.78. The minimum atomic E-state index is -0.828. The number of rotatable bonds is 4. The summed E-state index contributed by atoms with van der Waals surface area (Å²) in [6.45, 7) is 1.98. The Labute approximate surface area is 99.7 Å². The summed E-state index contributed by atoms with van der Waals surface area (Å²) in [7, 11) is 0. The van der Waals surface area contributed by atoms with Crippen LogP contribution in [-0.2, 0) is 11.2 Å². The Morgan fingerprint density at radius 1 is 1.29 bits per heavy atom. The Bertz CT molecular complexity index is 483. The summed E-state index contributed by atoms with van der Waals surface area (Å²) in [6, 6.07) is 11.1. The molecule has 3 heteroatoms. The van der Waals surface area contributed by atoms with Crippen molar-refractivity contribution in [2.45, 2.75) is 19.3 Å². The molecule has 1 aromatic heterocycles. The number of aryl methyl sites for hydroxylation is 1. The van der Waals surface area contributed by atoms with Gasteiger partial charge in [-0.3, -0.25) is 4.79 Å². The van der Waals surface area contributed by atoms with Gasteiger partial charge in [-0.15, -0.1) is 0 Å². The average molecular weight is 230 g/mol. The standard InChI is InChI=1S/C14H14O3/c1-10-4-6-11(7-5-10)13(14(15)16)9-12-3-2-8-17-12/h2-8,13H,9H2,1H3,(H,15,16). The van der Waals surface area contributed by atoms with Gasteiger partial charge in [0.15, 0.2) is 0 Å². The van der Waals surface area contributed by atoms with Crippen LogP contribution < -0.4 is 0 Å². The molecule has 88 valence electrons. The van der Waals surface area contributed by atoms with E-state index in [0.717, 1.165) is 11.1 Å². The van der Waals surface area contributed by atoms with E-state index in [-0.39, 0.29) is 0 Å². The predicted octanol–water partition coefficient (Wildman–Crippen LogP) is 3.00. The van der Waals surface area contributed by atoms with Gasteiger partial charge in [-0.05, 0) is 24.6 Å². The molecule has 2 rings (SSSR count). The van der Waals surface area contributed by atoms with E-state index in [2.05, 4.69) is 0 Å². The van der Waals surface area contributed by atoms with Crippen LogP contribution >= 0.6 is 0 Å².